The van der Waals surface area contributed by atoms with Crippen LogP contribution in [0.15, 0.2) is 24.3 Å². The molecule has 1 aromatic carbocycles. The third kappa shape index (κ3) is 4.87. The van der Waals surface area contributed by atoms with E-state index in [-0.39, 0.29) is 18.3 Å². The smallest absolute Gasteiger partial charge is 0.237 e. The van der Waals surface area contributed by atoms with Crippen molar-refractivity contribution in [3.05, 3.63) is 35.6 Å². The van der Waals surface area contributed by atoms with Gasteiger partial charge in [-0.25, -0.2) is 4.39 Å². The Labute approximate surface area is 131 Å². The Morgan fingerprint density at radius 3 is 2.45 bits per heavy atom. The maximum Gasteiger partial charge on any atom is 0.237 e. The van der Waals surface area contributed by atoms with E-state index >= 15 is 0 Å². The van der Waals surface area contributed by atoms with Crippen LogP contribution in [0.2, 0.25) is 0 Å². The summed E-state index contributed by atoms with van der Waals surface area (Å²) in [5.41, 5.74) is -0.0129. The zero-order valence-electron chi connectivity index (χ0n) is 13.1. The lowest BCUT2D eigenvalue weighted by atomic mass is 10.1. The van der Waals surface area contributed by atoms with E-state index in [4.69, 9.17) is 11.7 Å². The van der Waals surface area contributed by atoms with Gasteiger partial charge in [0.1, 0.15) is 11.4 Å². The summed E-state index contributed by atoms with van der Waals surface area (Å²) < 4.78 is 12.9. The van der Waals surface area contributed by atoms with Crippen LogP contribution in [0.5, 0.6) is 0 Å². The lowest BCUT2D eigenvalue weighted by Crippen LogP contribution is -2.48. The van der Waals surface area contributed by atoms with Crippen LogP contribution in [0, 0.1) is 29.5 Å². The lowest BCUT2D eigenvalue weighted by Gasteiger charge is -2.31. The molecule has 0 aliphatic carbocycles. The minimum atomic E-state index is -0.880. The zero-order chi connectivity index (χ0) is 16.8. The van der Waals surface area contributed by atoms with Crippen molar-refractivity contribution in [3.63, 3.8) is 0 Å². The van der Waals surface area contributed by atoms with Gasteiger partial charge in [-0.05, 0) is 31.5 Å². The number of halogens is 1. The van der Waals surface area contributed by atoms with E-state index in [2.05, 4.69) is 12.0 Å². The summed E-state index contributed by atoms with van der Waals surface area (Å²) in [5.74, 6) is 2.02. The molecule has 1 amide bonds. The van der Waals surface area contributed by atoms with Crippen LogP contribution in [0.1, 0.15) is 19.4 Å². The number of amides is 1. The molecule has 116 valence electrons. The molecule has 0 saturated carbocycles. The van der Waals surface area contributed by atoms with Gasteiger partial charge in [0.2, 0.25) is 5.91 Å². The number of nitrogens with zero attached hydrogens (tertiary/aromatic N) is 3. The molecular weight excluding hydrogens is 281 g/mol. The molecule has 0 fully saturated rings. The fraction of sp³-hybridized carbons (Fsp3) is 0.412. The average Bonchev–Trinajstić information content (AvgIpc) is 2.48. The highest BCUT2D eigenvalue weighted by Crippen LogP contribution is 2.12. The number of benzene rings is 1. The van der Waals surface area contributed by atoms with Crippen molar-refractivity contribution >= 4 is 5.91 Å². The van der Waals surface area contributed by atoms with E-state index in [1.54, 1.807) is 37.9 Å². The summed E-state index contributed by atoms with van der Waals surface area (Å²) >= 11 is 0. The molecule has 0 radical (unpaired) electrons. The first-order valence-electron chi connectivity index (χ1n) is 6.88. The standard InChI is InChI=1S/C17H20FN3O/c1-5-10-21(11-14-6-8-15(18)9-7-14)12-16(22)20(4)17(2,3)13-19/h1,6-9H,10-12H2,2-4H3. The van der Waals surface area contributed by atoms with Crippen molar-refractivity contribution in [3.8, 4) is 18.4 Å². The number of likely N-dealkylation sites (N-methyl/N-ethyl adjacent to an activating group) is 1. The zero-order valence-corrected chi connectivity index (χ0v) is 13.1. The highest BCUT2D eigenvalue weighted by Gasteiger charge is 2.28. The van der Waals surface area contributed by atoms with Gasteiger partial charge < -0.3 is 4.90 Å². The fourth-order valence-electron chi connectivity index (χ4n) is 1.83. The first kappa shape index (κ1) is 17.7. The van der Waals surface area contributed by atoms with Crippen LogP contribution in [0.25, 0.3) is 0 Å². The van der Waals surface area contributed by atoms with E-state index in [9.17, 15) is 9.18 Å². The average molecular weight is 301 g/mol. The van der Waals surface area contributed by atoms with Gasteiger partial charge >= 0.3 is 0 Å². The molecule has 0 aromatic heterocycles. The predicted molar refractivity (Wildman–Crippen MR) is 83.0 cm³/mol. The molecular formula is C17H20FN3O. The molecule has 1 rings (SSSR count). The Balaban J connectivity index is 2.76. The molecule has 0 aliphatic rings. The van der Waals surface area contributed by atoms with Gasteiger partial charge in [0.05, 0.1) is 19.2 Å². The van der Waals surface area contributed by atoms with E-state index in [0.29, 0.717) is 13.1 Å². The minimum Gasteiger partial charge on any atom is -0.326 e. The second-order valence-corrected chi connectivity index (χ2v) is 5.60. The van der Waals surface area contributed by atoms with Crippen LogP contribution < -0.4 is 0 Å². The summed E-state index contributed by atoms with van der Waals surface area (Å²) in [6.07, 6.45) is 5.34. The summed E-state index contributed by atoms with van der Waals surface area (Å²) in [6.45, 7) is 4.19. The highest BCUT2D eigenvalue weighted by molar-refractivity contribution is 5.79. The molecule has 22 heavy (non-hydrogen) atoms. The Morgan fingerprint density at radius 1 is 1.36 bits per heavy atom. The first-order chi connectivity index (χ1) is 10.3. The maximum atomic E-state index is 12.9. The second kappa shape index (κ2) is 7.59. The molecule has 0 saturated heterocycles. The molecule has 0 unspecified atom stereocenters. The summed E-state index contributed by atoms with van der Waals surface area (Å²) in [5, 5.41) is 9.09. The molecule has 0 spiro atoms. The van der Waals surface area contributed by atoms with Crippen LogP contribution >= 0.6 is 0 Å². The van der Waals surface area contributed by atoms with Crippen LogP contribution in [-0.4, -0.2) is 41.4 Å². The number of carbonyl (C=O) groups excluding carboxylic acids is 1. The number of nitriles is 1. The number of hydrogen-bond donors (Lipinski definition) is 0. The molecule has 0 N–H and O–H groups in total. The Kier molecular flexibility index (Phi) is 6.10. The number of rotatable bonds is 6. The molecule has 0 bridgehead atoms. The molecule has 0 atom stereocenters. The lowest BCUT2D eigenvalue weighted by molar-refractivity contribution is -0.134. The molecule has 4 nitrogen and oxygen atoms in total. The van der Waals surface area contributed by atoms with Crippen LogP contribution in [-0.2, 0) is 11.3 Å². The number of hydrogen-bond acceptors (Lipinski definition) is 3. The van der Waals surface area contributed by atoms with Crippen molar-refractivity contribution in [2.45, 2.75) is 25.9 Å². The van der Waals surface area contributed by atoms with Crippen molar-refractivity contribution in [2.24, 2.45) is 0 Å². The third-order valence-corrected chi connectivity index (χ3v) is 3.48. The quantitative estimate of drug-likeness (QED) is 0.755. The number of terminal acetylenes is 1. The van der Waals surface area contributed by atoms with E-state index in [0.717, 1.165) is 5.56 Å². The Morgan fingerprint density at radius 2 is 1.95 bits per heavy atom. The van der Waals surface area contributed by atoms with Crippen LogP contribution in [0.3, 0.4) is 0 Å². The SMILES string of the molecule is C#CCN(CC(=O)N(C)C(C)(C)C#N)Cc1ccc(F)cc1. The van der Waals surface area contributed by atoms with E-state index < -0.39 is 5.54 Å². The van der Waals surface area contributed by atoms with Crippen LogP contribution in [0.4, 0.5) is 4.39 Å². The third-order valence-electron chi connectivity index (χ3n) is 3.48. The van der Waals surface area contributed by atoms with Gasteiger partial charge in [0.15, 0.2) is 0 Å². The topological polar surface area (TPSA) is 47.3 Å². The van der Waals surface area contributed by atoms with Gasteiger partial charge in [-0.3, -0.25) is 9.69 Å². The summed E-state index contributed by atoms with van der Waals surface area (Å²) in [7, 11) is 1.59. The molecule has 0 aliphatic heterocycles. The normalized spacial score (nSPS) is 10.9. The van der Waals surface area contributed by atoms with Gasteiger partial charge in [-0.1, -0.05) is 18.1 Å². The molecule has 5 heteroatoms. The van der Waals surface area contributed by atoms with Gasteiger partial charge in [-0.2, -0.15) is 5.26 Å². The number of carbonyl (C=O) groups is 1. The predicted octanol–water partition coefficient (Wildman–Crippen LogP) is 2.02. The fourth-order valence-corrected chi connectivity index (χ4v) is 1.83. The van der Waals surface area contributed by atoms with Crippen molar-refractivity contribution < 1.29 is 9.18 Å². The van der Waals surface area contributed by atoms with Gasteiger partial charge in [-0.15, -0.1) is 6.42 Å². The Bertz CT molecular complexity index is 596. The van der Waals surface area contributed by atoms with Crippen molar-refractivity contribution in [2.75, 3.05) is 20.1 Å². The Hall–Kier alpha value is -2.37. The van der Waals surface area contributed by atoms with Gasteiger partial charge in [0.25, 0.3) is 0 Å². The van der Waals surface area contributed by atoms with Crippen molar-refractivity contribution in [1.82, 2.24) is 9.80 Å². The van der Waals surface area contributed by atoms with Gasteiger partial charge in [0, 0.05) is 13.6 Å². The second-order valence-electron chi connectivity index (χ2n) is 5.60. The largest absolute Gasteiger partial charge is 0.326 e. The van der Waals surface area contributed by atoms with Crippen molar-refractivity contribution in [1.29, 1.82) is 5.26 Å². The summed E-state index contributed by atoms with van der Waals surface area (Å²) in [4.78, 5) is 15.5. The highest BCUT2D eigenvalue weighted by atomic mass is 19.1. The summed E-state index contributed by atoms with van der Waals surface area (Å²) in [6, 6.07) is 8.15. The minimum absolute atomic E-state index is 0.100. The molecule has 1 aromatic rings. The first-order valence-corrected chi connectivity index (χ1v) is 6.88. The monoisotopic (exact) mass is 301 g/mol. The van der Waals surface area contributed by atoms with E-state index in [1.165, 1.54) is 17.0 Å². The molecule has 0 heterocycles. The maximum absolute atomic E-state index is 12.9. The van der Waals surface area contributed by atoms with E-state index in [1.807, 2.05) is 0 Å².